The van der Waals surface area contributed by atoms with Gasteiger partial charge in [-0.15, -0.1) is 0 Å². The molecule has 3 rings (SSSR count). The number of nitrogens with zero attached hydrogens (tertiary/aromatic N) is 2. The van der Waals surface area contributed by atoms with E-state index < -0.39 is 11.5 Å². The van der Waals surface area contributed by atoms with Gasteiger partial charge in [0.05, 0.1) is 0 Å². The number of rotatable bonds is 2. The lowest BCUT2D eigenvalue weighted by Crippen LogP contribution is -2.23. The van der Waals surface area contributed by atoms with Crippen molar-refractivity contribution in [1.29, 1.82) is 0 Å². The van der Waals surface area contributed by atoms with Gasteiger partial charge < -0.3 is 9.73 Å². The fourth-order valence-electron chi connectivity index (χ4n) is 1.97. The molecule has 110 valence electrons. The highest BCUT2D eigenvalue weighted by Crippen LogP contribution is 2.18. The van der Waals surface area contributed by atoms with E-state index in [-0.39, 0.29) is 11.3 Å². The molecule has 0 aliphatic rings. The molecule has 22 heavy (non-hydrogen) atoms. The molecule has 0 atom stereocenters. The zero-order valence-corrected chi connectivity index (χ0v) is 11.6. The van der Waals surface area contributed by atoms with Crippen molar-refractivity contribution in [2.45, 2.75) is 0 Å². The largest absolute Gasteiger partial charge is 0.423 e. The Morgan fingerprint density at radius 1 is 1.14 bits per heavy atom. The van der Waals surface area contributed by atoms with Crippen molar-refractivity contribution in [3.05, 3.63) is 68.9 Å². The van der Waals surface area contributed by atoms with Gasteiger partial charge in [0, 0.05) is 30.3 Å². The van der Waals surface area contributed by atoms with Crippen LogP contribution in [0.4, 0.5) is 5.69 Å². The number of anilines is 1. The topological polar surface area (TPSA) is 94.2 Å². The average molecular weight is 297 g/mol. The molecule has 0 aliphatic carbocycles. The molecule has 0 unspecified atom stereocenters. The van der Waals surface area contributed by atoms with E-state index in [0.29, 0.717) is 16.7 Å². The number of nitrogens with one attached hydrogen (secondary N) is 1. The number of aromatic nitrogens is 2. The Morgan fingerprint density at radius 3 is 2.73 bits per heavy atom. The summed E-state index contributed by atoms with van der Waals surface area (Å²) in [6.45, 7) is 0. The Morgan fingerprint density at radius 2 is 1.95 bits per heavy atom. The van der Waals surface area contributed by atoms with Crippen LogP contribution < -0.4 is 16.5 Å². The zero-order valence-electron chi connectivity index (χ0n) is 11.6. The number of amides is 1. The van der Waals surface area contributed by atoms with Crippen molar-refractivity contribution in [2.75, 3.05) is 5.32 Å². The number of carbonyl (C=O) groups excluding carboxylic acids is 1. The second kappa shape index (κ2) is 5.28. The van der Waals surface area contributed by atoms with Crippen LogP contribution in [0.2, 0.25) is 0 Å². The highest BCUT2D eigenvalue weighted by atomic mass is 16.4. The lowest BCUT2D eigenvalue weighted by atomic mass is 10.2. The highest BCUT2D eigenvalue weighted by molar-refractivity contribution is 6.03. The molecule has 7 heteroatoms. The standard InChI is InChI=1S/C15H11N3O4/c1-18-13(19)6-4-11(17-18)15(21)16-10-3-5-12-9(8-10)2-7-14(20)22-12/h2-8H,1H3,(H,16,21). The van der Waals surface area contributed by atoms with Crippen molar-refractivity contribution in [2.24, 2.45) is 7.05 Å². The Labute approximate surface area is 123 Å². The number of hydrogen-bond acceptors (Lipinski definition) is 5. The Balaban J connectivity index is 1.90. The molecule has 1 aromatic carbocycles. The van der Waals surface area contributed by atoms with Crippen LogP contribution in [0.1, 0.15) is 10.5 Å². The molecule has 3 aromatic rings. The number of carbonyl (C=O) groups is 1. The fourth-order valence-corrected chi connectivity index (χ4v) is 1.97. The predicted molar refractivity (Wildman–Crippen MR) is 79.9 cm³/mol. The van der Waals surface area contributed by atoms with Crippen LogP contribution in [0.25, 0.3) is 11.0 Å². The van der Waals surface area contributed by atoms with Gasteiger partial charge in [-0.1, -0.05) is 0 Å². The van der Waals surface area contributed by atoms with E-state index in [0.717, 1.165) is 4.68 Å². The summed E-state index contributed by atoms with van der Waals surface area (Å²) in [5, 5.41) is 7.24. The molecule has 0 spiro atoms. The van der Waals surface area contributed by atoms with Crippen molar-refractivity contribution in [1.82, 2.24) is 9.78 Å². The van der Waals surface area contributed by atoms with Crippen LogP contribution >= 0.6 is 0 Å². The van der Waals surface area contributed by atoms with Crippen molar-refractivity contribution in [3.8, 4) is 0 Å². The molecule has 0 aliphatic heterocycles. The molecular formula is C15H11N3O4. The number of fused-ring (bicyclic) bond motifs is 1. The summed E-state index contributed by atoms with van der Waals surface area (Å²) >= 11 is 0. The summed E-state index contributed by atoms with van der Waals surface area (Å²) in [4.78, 5) is 34.5. The van der Waals surface area contributed by atoms with Crippen LogP contribution in [0.3, 0.4) is 0 Å². The average Bonchev–Trinajstić information content (AvgIpc) is 2.50. The van der Waals surface area contributed by atoms with E-state index in [2.05, 4.69) is 10.4 Å². The molecule has 0 saturated carbocycles. The van der Waals surface area contributed by atoms with Crippen LogP contribution in [-0.4, -0.2) is 15.7 Å². The number of benzene rings is 1. The Kier molecular flexibility index (Phi) is 3.30. The minimum atomic E-state index is -0.438. The third-order valence-electron chi connectivity index (χ3n) is 3.07. The quantitative estimate of drug-likeness (QED) is 0.716. The second-order valence-corrected chi connectivity index (χ2v) is 4.64. The summed E-state index contributed by atoms with van der Waals surface area (Å²) in [5.74, 6) is -0.438. The number of aryl methyl sites for hydroxylation is 1. The fraction of sp³-hybridized carbons (Fsp3) is 0.0667. The molecule has 7 nitrogen and oxygen atoms in total. The molecule has 1 N–H and O–H groups in total. The summed E-state index contributed by atoms with van der Waals surface area (Å²) in [5.41, 5.74) is 0.366. The monoisotopic (exact) mass is 297 g/mol. The van der Waals surface area contributed by atoms with E-state index in [9.17, 15) is 14.4 Å². The van der Waals surface area contributed by atoms with E-state index in [1.165, 1.54) is 25.2 Å². The maximum absolute atomic E-state index is 12.1. The van der Waals surface area contributed by atoms with Crippen molar-refractivity contribution >= 4 is 22.6 Å². The van der Waals surface area contributed by atoms with Gasteiger partial charge in [-0.2, -0.15) is 5.10 Å². The minimum Gasteiger partial charge on any atom is -0.423 e. The summed E-state index contributed by atoms with van der Waals surface area (Å²) < 4.78 is 6.10. The van der Waals surface area contributed by atoms with Gasteiger partial charge in [0.1, 0.15) is 11.3 Å². The lowest BCUT2D eigenvalue weighted by Gasteiger charge is -2.06. The van der Waals surface area contributed by atoms with Gasteiger partial charge in [0.25, 0.3) is 11.5 Å². The maximum Gasteiger partial charge on any atom is 0.336 e. The molecule has 0 saturated heterocycles. The summed E-state index contributed by atoms with van der Waals surface area (Å²) in [6.07, 6.45) is 0. The minimum absolute atomic E-state index is 0.127. The van der Waals surface area contributed by atoms with E-state index in [1.54, 1.807) is 24.3 Å². The first kappa shape index (κ1) is 13.7. The first-order valence-corrected chi connectivity index (χ1v) is 6.42. The first-order valence-electron chi connectivity index (χ1n) is 6.42. The van der Waals surface area contributed by atoms with Gasteiger partial charge in [0.15, 0.2) is 0 Å². The molecule has 2 aromatic heterocycles. The molecule has 0 radical (unpaired) electrons. The van der Waals surface area contributed by atoms with Gasteiger partial charge in [0.2, 0.25) is 0 Å². The maximum atomic E-state index is 12.1. The Hall–Kier alpha value is -3.22. The third kappa shape index (κ3) is 2.64. The normalized spacial score (nSPS) is 10.6. The highest BCUT2D eigenvalue weighted by Gasteiger charge is 2.09. The Bertz CT molecular complexity index is 988. The summed E-state index contributed by atoms with van der Waals surface area (Å²) in [6, 6.07) is 10.4. The van der Waals surface area contributed by atoms with E-state index >= 15 is 0 Å². The smallest absolute Gasteiger partial charge is 0.336 e. The van der Waals surface area contributed by atoms with E-state index in [4.69, 9.17) is 4.42 Å². The van der Waals surface area contributed by atoms with Gasteiger partial charge >= 0.3 is 5.63 Å². The SMILES string of the molecule is Cn1nc(C(=O)Nc2ccc3oc(=O)ccc3c2)ccc1=O. The van der Waals surface area contributed by atoms with Gasteiger partial charge in [-0.25, -0.2) is 9.48 Å². The molecule has 2 heterocycles. The summed E-state index contributed by atoms with van der Waals surface area (Å²) in [7, 11) is 1.47. The number of hydrogen-bond donors (Lipinski definition) is 1. The lowest BCUT2D eigenvalue weighted by molar-refractivity contribution is 0.102. The van der Waals surface area contributed by atoms with Crippen molar-refractivity contribution in [3.63, 3.8) is 0 Å². The van der Waals surface area contributed by atoms with Crippen LogP contribution in [0.15, 0.2) is 56.5 Å². The van der Waals surface area contributed by atoms with E-state index in [1.807, 2.05) is 0 Å². The first-order chi connectivity index (χ1) is 10.5. The second-order valence-electron chi connectivity index (χ2n) is 4.64. The molecule has 0 fully saturated rings. The molecular weight excluding hydrogens is 286 g/mol. The van der Waals surface area contributed by atoms with Gasteiger partial charge in [-0.3, -0.25) is 9.59 Å². The molecule has 1 amide bonds. The van der Waals surface area contributed by atoms with Crippen molar-refractivity contribution < 1.29 is 9.21 Å². The van der Waals surface area contributed by atoms with Gasteiger partial charge in [-0.05, 0) is 30.3 Å². The van der Waals surface area contributed by atoms with Crippen LogP contribution in [-0.2, 0) is 7.05 Å². The zero-order chi connectivity index (χ0) is 15.7. The predicted octanol–water partition coefficient (Wildman–Crippen LogP) is 1.14. The third-order valence-corrected chi connectivity index (χ3v) is 3.07. The van der Waals surface area contributed by atoms with Crippen LogP contribution in [0.5, 0.6) is 0 Å². The molecule has 0 bridgehead atoms. The van der Waals surface area contributed by atoms with Crippen LogP contribution in [0, 0.1) is 0 Å².